The standard InChI is InChI=1S/C21H25N3O2S.HI/c1-22-21(23-11-10-15-6-5-8-17(12-15)26-2)24-14-18(25)20-13-16-7-3-4-9-19(16)27-20;/h3-9,12-13,18,25H,10-11,14H2,1-2H3,(H2,22,23,24);1H. The molecule has 3 aromatic rings. The van der Waals surface area contributed by atoms with Gasteiger partial charge in [0.2, 0.25) is 0 Å². The van der Waals surface area contributed by atoms with E-state index in [0.29, 0.717) is 12.5 Å². The Morgan fingerprint density at radius 1 is 1.14 bits per heavy atom. The molecule has 2 aromatic carbocycles. The van der Waals surface area contributed by atoms with E-state index in [1.807, 2.05) is 36.4 Å². The Balaban J connectivity index is 0.00000280. The third-order valence-corrected chi connectivity index (χ3v) is 5.52. The highest BCUT2D eigenvalue weighted by Crippen LogP contribution is 2.29. The minimum Gasteiger partial charge on any atom is -0.497 e. The van der Waals surface area contributed by atoms with Crippen LogP contribution in [0.3, 0.4) is 0 Å². The van der Waals surface area contributed by atoms with Gasteiger partial charge in [-0.25, -0.2) is 0 Å². The summed E-state index contributed by atoms with van der Waals surface area (Å²) in [4.78, 5) is 5.18. The number of nitrogens with zero attached hydrogens (tertiary/aromatic N) is 1. The van der Waals surface area contributed by atoms with Crippen molar-refractivity contribution in [3.8, 4) is 5.75 Å². The molecule has 150 valence electrons. The average Bonchev–Trinajstić information content (AvgIpc) is 3.15. The normalized spacial score (nSPS) is 12.3. The lowest BCUT2D eigenvalue weighted by Gasteiger charge is -2.14. The molecule has 0 saturated carbocycles. The van der Waals surface area contributed by atoms with Crippen LogP contribution in [0.15, 0.2) is 59.6 Å². The molecular weight excluding hydrogens is 485 g/mol. The van der Waals surface area contributed by atoms with E-state index in [4.69, 9.17) is 4.74 Å². The monoisotopic (exact) mass is 511 g/mol. The zero-order valence-corrected chi connectivity index (χ0v) is 19.2. The van der Waals surface area contributed by atoms with Gasteiger partial charge in [-0.2, -0.15) is 0 Å². The fourth-order valence-corrected chi connectivity index (χ4v) is 3.89. The van der Waals surface area contributed by atoms with Gasteiger partial charge in [0.15, 0.2) is 5.96 Å². The number of nitrogens with one attached hydrogen (secondary N) is 2. The molecule has 0 aliphatic rings. The maximum absolute atomic E-state index is 10.5. The van der Waals surface area contributed by atoms with E-state index in [1.165, 1.54) is 10.3 Å². The fourth-order valence-electron chi connectivity index (χ4n) is 2.83. The number of aliphatic hydroxyl groups is 1. The maximum atomic E-state index is 10.5. The summed E-state index contributed by atoms with van der Waals surface area (Å²) < 4.78 is 6.44. The van der Waals surface area contributed by atoms with Crippen molar-refractivity contribution in [1.82, 2.24) is 10.6 Å². The second kappa shape index (κ2) is 11.2. The first kappa shape index (κ1) is 22.4. The highest BCUT2D eigenvalue weighted by molar-refractivity contribution is 14.0. The van der Waals surface area contributed by atoms with Gasteiger partial charge in [0.1, 0.15) is 11.9 Å². The number of rotatable bonds is 7. The van der Waals surface area contributed by atoms with E-state index < -0.39 is 6.10 Å². The van der Waals surface area contributed by atoms with Crippen LogP contribution in [0.1, 0.15) is 16.5 Å². The molecule has 0 spiro atoms. The summed E-state index contributed by atoms with van der Waals surface area (Å²) in [5.41, 5.74) is 1.20. The minimum atomic E-state index is -0.570. The molecule has 1 atom stereocenters. The second-order valence-corrected chi connectivity index (χ2v) is 7.30. The maximum Gasteiger partial charge on any atom is 0.191 e. The summed E-state index contributed by atoms with van der Waals surface area (Å²) in [6, 6.07) is 18.2. The van der Waals surface area contributed by atoms with Gasteiger partial charge in [0.25, 0.3) is 0 Å². The number of methoxy groups -OCH3 is 1. The van der Waals surface area contributed by atoms with Crippen LogP contribution in [-0.4, -0.2) is 38.3 Å². The number of ether oxygens (including phenoxy) is 1. The first-order valence-corrected chi connectivity index (χ1v) is 9.75. The molecule has 5 nitrogen and oxygen atoms in total. The summed E-state index contributed by atoms with van der Waals surface area (Å²) in [5.74, 6) is 1.54. The van der Waals surface area contributed by atoms with E-state index in [0.717, 1.165) is 29.0 Å². The SMILES string of the molecule is CN=C(NCCc1cccc(OC)c1)NCC(O)c1cc2ccccc2s1.I. The van der Waals surface area contributed by atoms with Crippen LogP contribution in [-0.2, 0) is 6.42 Å². The molecule has 1 unspecified atom stereocenters. The van der Waals surface area contributed by atoms with Crippen molar-refractivity contribution >= 4 is 51.4 Å². The summed E-state index contributed by atoms with van der Waals surface area (Å²) in [6.45, 7) is 1.15. The summed E-state index contributed by atoms with van der Waals surface area (Å²) in [5, 5.41) is 18.1. The topological polar surface area (TPSA) is 65.9 Å². The van der Waals surface area contributed by atoms with Crippen LogP contribution in [0.25, 0.3) is 10.1 Å². The molecule has 3 rings (SSSR count). The van der Waals surface area contributed by atoms with Gasteiger partial charge in [-0.15, -0.1) is 35.3 Å². The van der Waals surface area contributed by atoms with Crippen LogP contribution in [0, 0.1) is 0 Å². The Morgan fingerprint density at radius 2 is 1.96 bits per heavy atom. The molecular formula is C21H26IN3O2S. The smallest absolute Gasteiger partial charge is 0.191 e. The Kier molecular flexibility index (Phi) is 9.01. The van der Waals surface area contributed by atoms with Crippen molar-refractivity contribution in [2.45, 2.75) is 12.5 Å². The van der Waals surface area contributed by atoms with Crippen molar-refractivity contribution in [1.29, 1.82) is 0 Å². The van der Waals surface area contributed by atoms with Crippen molar-refractivity contribution < 1.29 is 9.84 Å². The van der Waals surface area contributed by atoms with Crippen molar-refractivity contribution in [3.05, 3.63) is 65.0 Å². The number of hydrogen-bond donors (Lipinski definition) is 3. The highest BCUT2D eigenvalue weighted by Gasteiger charge is 2.12. The van der Waals surface area contributed by atoms with Crippen LogP contribution >= 0.6 is 35.3 Å². The first-order chi connectivity index (χ1) is 13.2. The Bertz CT molecular complexity index is 880. The quantitative estimate of drug-likeness (QED) is 0.255. The van der Waals surface area contributed by atoms with Crippen molar-refractivity contribution in [3.63, 3.8) is 0 Å². The van der Waals surface area contributed by atoms with Gasteiger partial charge in [0, 0.05) is 29.7 Å². The molecule has 0 fully saturated rings. The third-order valence-electron chi connectivity index (χ3n) is 4.30. The largest absolute Gasteiger partial charge is 0.497 e. The molecule has 0 aliphatic heterocycles. The molecule has 7 heteroatoms. The number of thiophene rings is 1. The molecule has 3 N–H and O–H groups in total. The zero-order chi connectivity index (χ0) is 19.1. The molecule has 0 amide bonds. The molecule has 0 saturated heterocycles. The molecule has 0 radical (unpaired) electrons. The number of aliphatic hydroxyl groups excluding tert-OH is 1. The first-order valence-electron chi connectivity index (χ1n) is 8.93. The predicted molar refractivity (Wildman–Crippen MR) is 128 cm³/mol. The number of halogens is 1. The average molecular weight is 511 g/mol. The predicted octanol–water partition coefficient (Wildman–Crippen LogP) is 3.97. The van der Waals surface area contributed by atoms with Crippen molar-refractivity contribution in [2.75, 3.05) is 27.2 Å². The van der Waals surface area contributed by atoms with Gasteiger partial charge in [-0.3, -0.25) is 4.99 Å². The lowest BCUT2D eigenvalue weighted by atomic mass is 10.1. The van der Waals surface area contributed by atoms with Gasteiger partial charge in [-0.05, 0) is 41.6 Å². The molecule has 0 aliphatic carbocycles. The Labute approximate surface area is 186 Å². The van der Waals surface area contributed by atoms with Crippen LogP contribution in [0.2, 0.25) is 0 Å². The van der Waals surface area contributed by atoms with Crippen LogP contribution in [0.5, 0.6) is 5.75 Å². The summed E-state index contributed by atoms with van der Waals surface area (Å²) in [6.07, 6.45) is 0.288. The summed E-state index contributed by atoms with van der Waals surface area (Å²) in [7, 11) is 3.40. The van der Waals surface area contributed by atoms with Gasteiger partial charge in [-0.1, -0.05) is 30.3 Å². The lowest BCUT2D eigenvalue weighted by Crippen LogP contribution is -2.40. The van der Waals surface area contributed by atoms with E-state index in [-0.39, 0.29) is 24.0 Å². The second-order valence-electron chi connectivity index (χ2n) is 6.18. The number of hydrogen-bond acceptors (Lipinski definition) is 4. The van der Waals surface area contributed by atoms with Gasteiger partial charge < -0.3 is 20.5 Å². The fraction of sp³-hybridized carbons (Fsp3) is 0.286. The Hall–Kier alpha value is -1.84. The highest BCUT2D eigenvalue weighted by atomic mass is 127. The van der Waals surface area contributed by atoms with Crippen LogP contribution < -0.4 is 15.4 Å². The van der Waals surface area contributed by atoms with Crippen molar-refractivity contribution in [2.24, 2.45) is 4.99 Å². The summed E-state index contributed by atoms with van der Waals surface area (Å²) >= 11 is 1.62. The molecule has 1 aromatic heterocycles. The molecule has 28 heavy (non-hydrogen) atoms. The Morgan fingerprint density at radius 3 is 2.71 bits per heavy atom. The van der Waals surface area contributed by atoms with E-state index in [1.54, 1.807) is 25.5 Å². The van der Waals surface area contributed by atoms with Gasteiger partial charge >= 0.3 is 0 Å². The van der Waals surface area contributed by atoms with E-state index in [2.05, 4.69) is 33.8 Å². The van der Waals surface area contributed by atoms with Gasteiger partial charge in [0.05, 0.1) is 7.11 Å². The van der Waals surface area contributed by atoms with E-state index in [9.17, 15) is 5.11 Å². The van der Waals surface area contributed by atoms with E-state index >= 15 is 0 Å². The van der Waals surface area contributed by atoms with Crippen LogP contribution in [0.4, 0.5) is 0 Å². The number of aliphatic imine (C=N–C) groups is 1. The molecule has 0 bridgehead atoms. The number of fused-ring (bicyclic) bond motifs is 1. The number of benzene rings is 2. The zero-order valence-electron chi connectivity index (χ0n) is 16.0. The number of guanidine groups is 1. The minimum absolute atomic E-state index is 0. The lowest BCUT2D eigenvalue weighted by molar-refractivity contribution is 0.184. The third kappa shape index (κ3) is 6.08. The molecule has 1 heterocycles.